The highest BCUT2D eigenvalue weighted by molar-refractivity contribution is 9.11. The van der Waals surface area contributed by atoms with Crippen LogP contribution in [0.2, 0.25) is 0 Å². The predicted octanol–water partition coefficient (Wildman–Crippen LogP) is 5.04. The predicted molar refractivity (Wildman–Crippen MR) is 84.0 cm³/mol. The number of hydrogen-bond donors (Lipinski definition) is 2. The van der Waals surface area contributed by atoms with Gasteiger partial charge in [0.15, 0.2) is 0 Å². The second-order valence-corrected chi connectivity index (χ2v) is 6.95. The van der Waals surface area contributed by atoms with Crippen LogP contribution in [0.5, 0.6) is 0 Å². The zero-order valence-corrected chi connectivity index (χ0v) is 14.4. The van der Waals surface area contributed by atoms with Crippen LogP contribution in [0.25, 0.3) is 0 Å². The van der Waals surface area contributed by atoms with E-state index in [2.05, 4.69) is 58.4 Å². The van der Waals surface area contributed by atoms with Gasteiger partial charge < -0.3 is 10.6 Å². The first-order chi connectivity index (χ1) is 8.56. The molecule has 0 unspecified atom stereocenters. The third-order valence-corrected chi connectivity index (χ3v) is 4.64. The second-order valence-electron chi connectivity index (χ2n) is 4.32. The van der Waals surface area contributed by atoms with Gasteiger partial charge in [-0.1, -0.05) is 28.8 Å². The monoisotopic (exact) mass is 438 g/mol. The van der Waals surface area contributed by atoms with Gasteiger partial charge in [-0.2, -0.15) is 0 Å². The Morgan fingerprint density at radius 3 is 2.22 bits per heavy atom. The molecule has 2 N–H and O–H groups in total. The molecule has 0 aromatic heterocycles. The normalized spacial score (nSPS) is 15.7. The Hall–Kier alpha value is -0.0700. The molecule has 1 aliphatic carbocycles. The summed E-state index contributed by atoms with van der Waals surface area (Å²) < 4.78 is 2.62. The van der Waals surface area contributed by atoms with Crippen LogP contribution in [0.3, 0.4) is 0 Å². The van der Waals surface area contributed by atoms with Crippen LogP contribution in [0.1, 0.15) is 25.7 Å². The van der Waals surface area contributed by atoms with Gasteiger partial charge in [-0.05, 0) is 56.8 Å². The molecule has 6 heteroatoms. The third-order valence-electron chi connectivity index (χ3n) is 2.94. The van der Waals surface area contributed by atoms with Crippen molar-refractivity contribution in [2.75, 3.05) is 5.32 Å². The summed E-state index contributed by atoms with van der Waals surface area (Å²) in [7, 11) is 0. The Morgan fingerprint density at radius 2 is 1.67 bits per heavy atom. The smallest absolute Gasteiger partial charge is 0.319 e. The summed E-state index contributed by atoms with van der Waals surface area (Å²) in [4.78, 5) is 11.9. The van der Waals surface area contributed by atoms with Crippen molar-refractivity contribution in [2.24, 2.45) is 0 Å². The van der Waals surface area contributed by atoms with Crippen molar-refractivity contribution in [3.63, 3.8) is 0 Å². The largest absolute Gasteiger partial charge is 0.335 e. The van der Waals surface area contributed by atoms with Crippen LogP contribution in [0, 0.1) is 0 Å². The highest BCUT2D eigenvalue weighted by Gasteiger charge is 2.18. The molecule has 0 atom stereocenters. The maximum atomic E-state index is 11.9. The molecule has 1 saturated carbocycles. The number of carbonyl (C=O) groups excluding carboxylic acids is 1. The molecular weight excluding hydrogens is 428 g/mol. The second kappa shape index (κ2) is 6.39. The summed E-state index contributed by atoms with van der Waals surface area (Å²) in [6.07, 6.45) is 4.57. The van der Waals surface area contributed by atoms with Gasteiger partial charge in [-0.15, -0.1) is 0 Å². The minimum Gasteiger partial charge on any atom is -0.335 e. The molecule has 0 spiro atoms. The molecule has 1 aromatic carbocycles. The first-order valence-electron chi connectivity index (χ1n) is 5.78. The van der Waals surface area contributed by atoms with Crippen molar-refractivity contribution in [3.8, 4) is 0 Å². The number of benzene rings is 1. The lowest BCUT2D eigenvalue weighted by atomic mass is 10.2. The third kappa shape index (κ3) is 3.71. The van der Waals surface area contributed by atoms with Crippen molar-refractivity contribution in [2.45, 2.75) is 31.7 Å². The van der Waals surface area contributed by atoms with Crippen LogP contribution in [0.4, 0.5) is 10.5 Å². The summed E-state index contributed by atoms with van der Waals surface area (Å²) >= 11 is 10.3. The fourth-order valence-electron chi connectivity index (χ4n) is 2.07. The lowest BCUT2D eigenvalue weighted by molar-refractivity contribution is 0.248. The van der Waals surface area contributed by atoms with Crippen molar-refractivity contribution in [1.82, 2.24) is 5.32 Å². The van der Waals surface area contributed by atoms with E-state index in [-0.39, 0.29) is 6.03 Å². The lowest BCUT2D eigenvalue weighted by Gasteiger charge is -2.15. The van der Waals surface area contributed by atoms with Gasteiger partial charge in [0.2, 0.25) is 0 Å². The van der Waals surface area contributed by atoms with Gasteiger partial charge in [0, 0.05) is 19.5 Å². The Balaban J connectivity index is 2.02. The van der Waals surface area contributed by atoms with Crippen LogP contribution in [0.15, 0.2) is 25.6 Å². The Labute approximate surface area is 131 Å². The van der Waals surface area contributed by atoms with Gasteiger partial charge >= 0.3 is 6.03 Å². The summed E-state index contributed by atoms with van der Waals surface area (Å²) in [5, 5.41) is 5.86. The molecule has 0 heterocycles. The Morgan fingerprint density at radius 1 is 1.11 bits per heavy atom. The molecule has 1 aliphatic rings. The van der Waals surface area contributed by atoms with E-state index in [0.29, 0.717) is 6.04 Å². The van der Waals surface area contributed by atoms with Gasteiger partial charge in [0.1, 0.15) is 0 Å². The summed E-state index contributed by atoms with van der Waals surface area (Å²) in [6.45, 7) is 0. The number of anilines is 1. The molecule has 0 aliphatic heterocycles. The number of hydrogen-bond acceptors (Lipinski definition) is 1. The van der Waals surface area contributed by atoms with Crippen LogP contribution in [-0.2, 0) is 0 Å². The molecule has 0 saturated heterocycles. The van der Waals surface area contributed by atoms with Gasteiger partial charge in [-0.25, -0.2) is 4.79 Å². The Kier molecular flexibility index (Phi) is 5.09. The van der Waals surface area contributed by atoms with Gasteiger partial charge in [0.05, 0.1) is 5.69 Å². The fraction of sp³-hybridized carbons (Fsp3) is 0.417. The number of carbonyl (C=O) groups is 1. The van der Waals surface area contributed by atoms with Crippen LogP contribution < -0.4 is 10.6 Å². The molecule has 0 bridgehead atoms. The Bertz CT molecular complexity index is 436. The SMILES string of the molecule is O=C(Nc1c(Br)cc(Br)cc1Br)NC1CCCC1. The topological polar surface area (TPSA) is 41.1 Å². The number of urea groups is 1. The van der Waals surface area contributed by atoms with Crippen molar-refractivity contribution in [1.29, 1.82) is 0 Å². The first-order valence-corrected chi connectivity index (χ1v) is 8.16. The molecule has 1 aromatic rings. The number of amides is 2. The minimum absolute atomic E-state index is 0.148. The number of halogens is 3. The lowest BCUT2D eigenvalue weighted by Crippen LogP contribution is -2.36. The average Bonchev–Trinajstić information content (AvgIpc) is 2.76. The highest BCUT2D eigenvalue weighted by atomic mass is 79.9. The molecule has 1 fully saturated rings. The van der Waals surface area contributed by atoms with Crippen molar-refractivity contribution in [3.05, 3.63) is 25.6 Å². The van der Waals surface area contributed by atoms with E-state index in [0.717, 1.165) is 31.9 Å². The van der Waals surface area contributed by atoms with Crippen molar-refractivity contribution < 1.29 is 4.79 Å². The molecule has 98 valence electrons. The van der Waals surface area contributed by atoms with Gasteiger partial charge in [0.25, 0.3) is 0 Å². The van der Waals surface area contributed by atoms with Crippen LogP contribution in [-0.4, -0.2) is 12.1 Å². The maximum absolute atomic E-state index is 11.9. The minimum atomic E-state index is -0.148. The van der Waals surface area contributed by atoms with E-state index in [1.807, 2.05) is 12.1 Å². The molecule has 2 amide bonds. The standard InChI is InChI=1S/C12H13Br3N2O/c13-7-5-9(14)11(10(15)6-7)17-12(18)16-8-3-1-2-4-8/h5-6,8H,1-4H2,(H2,16,17,18). The molecule has 2 rings (SSSR count). The maximum Gasteiger partial charge on any atom is 0.319 e. The zero-order chi connectivity index (χ0) is 13.1. The number of nitrogens with one attached hydrogen (secondary N) is 2. The summed E-state index contributed by atoms with van der Waals surface area (Å²) in [5.41, 5.74) is 0.744. The first kappa shape index (κ1) is 14.3. The van der Waals surface area contributed by atoms with E-state index >= 15 is 0 Å². The highest BCUT2D eigenvalue weighted by Crippen LogP contribution is 2.34. The van der Waals surface area contributed by atoms with Crippen molar-refractivity contribution >= 4 is 59.5 Å². The van der Waals surface area contributed by atoms with E-state index in [1.165, 1.54) is 12.8 Å². The van der Waals surface area contributed by atoms with E-state index in [1.54, 1.807) is 0 Å². The number of rotatable bonds is 2. The zero-order valence-electron chi connectivity index (χ0n) is 9.60. The van der Waals surface area contributed by atoms with Gasteiger partial charge in [-0.3, -0.25) is 0 Å². The fourth-order valence-corrected chi connectivity index (χ4v) is 4.52. The molecule has 18 heavy (non-hydrogen) atoms. The summed E-state index contributed by atoms with van der Waals surface area (Å²) in [5.74, 6) is 0. The quantitative estimate of drug-likeness (QED) is 0.664. The van der Waals surface area contributed by atoms with Crippen LogP contribution >= 0.6 is 47.8 Å². The summed E-state index contributed by atoms with van der Waals surface area (Å²) in [6, 6.07) is 3.97. The average molecular weight is 441 g/mol. The molecule has 0 radical (unpaired) electrons. The molecule has 3 nitrogen and oxygen atoms in total. The molecular formula is C12H13Br3N2O. The van der Waals surface area contributed by atoms with E-state index < -0.39 is 0 Å². The van der Waals surface area contributed by atoms with E-state index in [9.17, 15) is 4.79 Å². The van der Waals surface area contributed by atoms with E-state index in [4.69, 9.17) is 0 Å².